The number of carboxylic acids is 1. The van der Waals surface area contributed by atoms with Crippen molar-refractivity contribution < 1.29 is 19.5 Å². The fraction of sp³-hybridized carbons (Fsp3) is 0.886. The van der Waals surface area contributed by atoms with Gasteiger partial charge in [0, 0.05) is 19.3 Å². The molecular formula is C44H80N2O4. The minimum absolute atomic E-state index is 0.228. The number of carbonyl (C=O) groups excluding carboxylic acids is 2. The van der Waals surface area contributed by atoms with E-state index in [-0.39, 0.29) is 17.6 Å². The molecule has 0 aromatic heterocycles. The first kappa shape index (κ1) is 46.2. The lowest BCUT2D eigenvalue weighted by Crippen LogP contribution is -2.36. The minimum atomic E-state index is -0.664. The number of carbonyl (C=O) groups is 3. The molecule has 0 aromatic rings. The standard InChI is InChI=1S/C26H46N2O2.C18H34O2/c1-2-3-4-5-6-7-8-9-10-16-21-26(22-17-12-15-20-25(26)30)28-27-23-18-13-11-14-19-24(23)29;1-2-3-4-5-6-7-8-9-10-11-12-13-14-15-16-17-18(19)20/h23H,2-22H2,1H3;9-10H,2-8,11-17H2,1H3,(H,19,20)/b;10-9-. The predicted molar refractivity (Wildman–Crippen MR) is 211 cm³/mol. The summed E-state index contributed by atoms with van der Waals surface area (Å²) in [5.74, 6) is -0.158. The molecule has 0 bridgehead atoms. The van der Waals surface area contributed by atoms with Gasteiger partial charge < -0.3 is 5.11 Å². The molecule has 0 aromatic carbocycles. The van der Waals surface area contributed by atoms with Crippen LogP contribution in [0.1, 0.15) is 239 Å². The molecule has 0 amide bonds. The van der Waals surface area contributed by atoms with Crippen molar-refractivity contribution in [3.63, 3.8) is 0 Å². The van der Waals surface area contributed by atoms with Gasteiger partial charge in [-0.1, -0.05) is 167 Å². The lowest BCUT2D eigenvalue weighted by molar-refractivity contribution is -0.137. The average Bonchev–Trinajstić information content (AvgIpc) is 3.43. The van der Waals surface area contributed by atoms with Crippen molar-refractivity contribution in [3.8, 4) is 0 Å². The first-order valence-electron chi connectivity index (χ1n) is 21.8. The molecule has 6 nitrogen and oxygen atoms in total. The Bertz CT molecular complexity index is 900. The van der Waals surface area contributed by atoms with Crippen molar-refractivity contribution in [1.29, 1.82) is 0 Å². The van der Waals surface area contributed by atoms with Gasteiger partial charge in [-0.15, -0.1) is 0 Å². The van der Waals surface area contributed by atoms with E-state index in [1.54, 1.807) is 0 Å². The van der Waals surface area contributed by atoms with Crippen molar-refractivity contribution in [2.45, 2.75) is 250 Å². The second kappa shape index (κ2) is 33.0. The van der Waals surface area contributed by atoms with E-state index in [0.29, 0.717) is 19.3 Å². The van der Waals surface area contributed by atoms with Crippen LogP contribution < -0.4 is 0 Å². The Morgan fingerprint density at radius 2 is 1.14 bits per heavy atom. The molecule has 50 heavy (non-hydrogen) atoms. The lowest BCUT2D eigenvalue weighted by atomic mass is 9.84. The van der Waals surface area contributed by atoms with Gasteiger partial charge in [0.2, 0.25) is 0 Å². The van der Waals surface area contributed by atoms with Crippen LogP contribution in [0.4, 0.5) is 0 Å². The van der Waals surface area contributed by atoms with Crippen LogP contribution in [-0.4, -0.2) is 34.2 Å². The van der Waals surface area contributed by atoms with Gasteiger partial charge in [-0.3, -0.25) is 14.4 Å². The van der Waals surface area contributed by atoms with E-state index in [4.69, 9.17) is 10.2 Å². The lowest BCUT2D eigenvalue weighted by Gasteiger charge is -2.26. The van der Waals surface area contributed by atoms with E-state index in [2.05, 4.69) is 31.1 Å². The fourth-order valence-corrected chi connectivity index (χ4v) is 7.37. The van der Waals surface area contributed by atoms with Crippen LogP contribution in [-0.2, 0) is 14.4 Å². The first-order valence-corrected chi connectivity index (χ1v) is 21.8. The second-order valence-corrected chi connectivity index (χ2v) is 15.5. The molecule has 2 aliphatic rings. The molecule has 2 rings (SSSR count). The number of unbranched alkanes of at least 4 members (excludes halogenated alkanes) is 20. The monoisotopic (exact) mass is 701 g/mol. The number of allylic oxidation sites excluding steroid dienone is 2. The number of aliphatic carboxylic acids is 1. The van der Waals surface area contributed by atoms with Gasteiger partial charge in [0.1, 0.15) is 11.6 Å². The maximum Gasteiger partial charge on any atom is 0.303 e. The Labute approximate surface area is 308 Å². The first-order chi connectivity index (χ1) is 24.4. The third-order valence-corrected chi connectivity index (χ3v) is 10.8. The van der Waals surface area contributed by atoms with Crippen molar-refractivity contribution in [2.75, 3.05) is 0 Å². The van der Waals surface area contributed by atoms with Crippen molar-refractivity contribution in [1.82, 2.24) is 0 Å². The van der Waals surface area contributed by atoms with Crippen molar-refractivity contribution in [3.05, 3.63) is 12.2 Å². The molecule has 0 spiro atoms. The Hall–Kier alpha value is -1.85. The molecule has 2 unspecified atom stereocenters. The van der Waals surface area contributed by atoms with Crippen LogP contribution in [0, 0.1) is 0 Å². The molecule has 0 radical (unpaired) electrons. The minimum Gasteiger partial charge on any atom is -0.481 e. The zero-order chi connectivity index (χ0) is 36.4. The van der Waals surface area contributed by atoms with Crippen molar-refractivity contribution in [2.24, 2.45) is 10.2 Å². The highest BCUT2D eigenvalue weighted by Crippen LogP contribution is 2.34. The molecule has 6 heteroatoms. The smallest absolute Gasteiger partial charge is 0.303 e. The molecule has 0 saturated heterocycles. The van der Waals surface area contributed by atoms with E-state index >= 15 is 0 Å². The van der Waals surface area contributed by atoms with E-state index < -0.39 is 11.5 Å². The number of Topliss-reactive ketones (excluding diaryl/α,β-unsaturated/α-hetero) is 2. The molecule has 0 heterocycles. The highest BCUT2D eigenvalue weighted by molar-refractivity contribution is 5.89. The van der Waals surface area contributed by atoms with Gasteiger partial charge in [-0.25, -0.2) is 0 Å². The number of nitrogens with zero attached hydrogens (tertiary/aromatic N) is 2. The van der Waals surface area contributed by atoms with Gasteiger partial charge >= 0.3 is 5.97 Å². The fourth-order valence-electron chi connectivity index (χ4n) is 7.37. The molecule has 2 fully saturated rings. The molecule has 2 saturated carbocycles. The van der Waals surface area contributed by atoms with E-state index in [1.807, 2.05) is 0 Å². The van der Waals surface area contributed by atoms with Gasteiger partial charge in [-0.2, -0.15) is 10.2 Å². The van der Waals surface area contributed by atoms with E-state index in [9.17, 15) is 14.4 Å². The van der Waals surface area contributed by atoms with Crippen molar-refractivity contribution >= 4 is 17.5 Å². The molecule has 290 valence electrons. The number of hydrogen-bond donors (Lipinski definition) is 1. The van der Waals surface area contributed by atoms with Crippen LogP contribution in [0.25, 0.3) is 0 Å². The second-order valence-electron chi connectivity index (χ2n) is 15.5. The molecule has 2 aliphatic carbocycles. The number of ketones is 2. The quantitative estimate of drug-likeness (QED) is 0.0380. The van der Waals surface area contributed by atoms with E-state index in [1.165, 1.54) is 128 Å². The highest BCUT2D eigenvalue weighted by atomic mass is 16.4. The van der Waals surface area contributed by atoms with Crippen LogP contribution in [0.5, 0.6) is 0 Å². The number of carboxylic acid groups (broad SMARTS) is 1. The van der Waals surface area contributed by atoms with Crippen LogP contribution in [0.15, 0.2) is 22.4 Å². The zero-order valence-electron chi connectivity index (χ0n) is 33.0. The van der Waals surface area contributed by atoms with Crippen LogP contribution in [0.3, 0.4) is 0 Å². The largest absolute Gasteiger partial charge is 0.481 e. The summed E-state index contributed by atoms with van der Waals surface area (Å²) in [4.78, 5) is 35.7. The normalized spacial score (nSPS) is 20.2. The summed E-state index contributed by atoms with van der Waals surface area (Å²) in [6, 6.07) is -0.298. The highest BCUT2D eigenvalue weighted by Gasteiger charge is 2.39. The molecule has 2 atom stereocenters. The summed E-state index contributed by atoms with van der Waals surface area (Å²) in [7, 11) is 0. The third kappa shape index (κ3) is 25.2. The summed E-state index contributed by atoms with van der Waals surface area (Å²) in [6.07, 6.45) is 44.2. The number of rotatable bonds is 28. The predicted octanol–water partition coefficient (Wildman–Crippen LogP) is 14.0. The Morgan fingerprint density at radius 3 is 1.72 bits per heavy atom. The zero-order valence-corrected chi connectivity index (χ0v) is 33.0. The topological polar surface area (TPSA) is 96.2 Å². The van der Waals surface area contributed by atoms with Gasteiger partial charge in [0.25, 0.3) is 0 Å². The van der Waals surface area contributed by atoms with Gasteiger partial charge in [0.15, 0.2) is 11.6 Å². The van der Waals surface area contributed by atoms with Crippen LogP contribution >= 0.6 is 0 Å². The summed E-state index contributed by atoms with van der Waals surface area (Å²) < 4.78 is 0. The summed E-state index contributed by atoms with van der Waals surface area (Å²) in [5, 5.41) is 17.7. The maximum atomic E-state index is 13.0. The Kier molecular flexibility index (Phi) is 30.5. The molecule has 0 aliphatic heterocycles. The van der Waals surface area contributed by atoms with Gasteiger partial charge in [0.05, 0.1) is 0 Å². The average molecular weight is 701 g/mol. The molecular weight excluding hydrogens is 620 g/mol. The van der Waals surface area contributed by atoms with Gasteiger partial charge in [-0.05, 0) is 64.2 Å². The molecule has 1 N–H and O–H groups in total. The Morgan fingerprint density at radius 1 is 0.640 bits per heavy atom. The number of azo groups is 1. The third-order valence-electron chi connectivity index (χ3n) is 10.8. The van der Waals surface area contributed by atoms with E-state index in [0.717, 1.165) is 77.0 Å². The SMILES string of the molecule is CCCCCCCC/C=C\CCCCCCCC(=O)O.CCCCCCCCCCCCC1(N=NC2CCCCCC2=O)CCCCCC1=O. The van der Waals surface area contributed by atoms with Crippen LogP contribution in [0.2, 0.25) is 0 Å². The number of hydrogen-bond acceptors (Lipinski definition) is 5. The summed E-state index contributed by atoms with van der Waals surface area (Å²) >= 11 is 0. The summed E-state index contributed by atoms with van der Waals surface area (Å²) in [5.41, 5.74) is -0.636. The Balaban J connectivity index is 0.000000546. The maximum absolute atomic E-state index is 13.0. The summed E-state index contributed by atoms with van der Waals surface area (Å²) in [6.45, 7) is 4.52.